The molecule has 0 spiro atoms. The Morgan fingerprint density at radius 3 is 1.64 bits per heavy atom. The summed E-state index contributed by atoms with van der Waals surface area (Å²) in [5, 5.41) is 10.0. The Morgan fingerprint density at radius 2 is 0.915 bits per heavy atom. The van der Waals surface area contributed by atoms with Gasteiger partial charge in [-0.3, -0.25) is 4.98 Å². The van der Waals surface area contributed by atoms with Crippen LogP contribution in [0.5, 0.6) is 0 Å². The molecule has 47 heavy (non-hydrogen) atoms. The second-order valence-electron chi connectivity index (χ2n) is 12.1. The zero-order valence-corrected chi connectivity index (χ0v) is 25.7. The van der Waals surface area contributed by atoms with Crippen molar-refractivity contribution in [2.24, 2.45) is 0 Å². The first-order chi connectivity index (χ1) is 23.3. The Morgan fingerprint density at radius 1 is 0.340 bits per heavy atom. The molecule has 0 radical (unpaired) electrons. The van der Waals surface area contributed by atoms with Gasteiger partial charge in [0.2, 0.25) is 0 Å². The highest BCUT2D eigenvalue weighted by molar-refractivity contribution is 6.14. The molecule has 0 saturated carbocycles. The number of para-hydroxylation sites is 1. The number of fused-ring (bicyclic) bond motifs is 5. The van der Waals surface area contributed by atoms with Crippen molar-refractivity contribution in [3.05, 3.63) is 182 Å². The first-order valence-corrected chi connectivity index (χ1v) is 16.0. The lowest BCUT2D eigenvalue weighted by molar-refractivity contribution is 1.23. The molecule has 0 N–H and O–H groups in total. The second-order valence-corrected chi connectivity index (χ2v) is 12.1. The molecule has 9 aromatic rings. The number of benzene rings is 8. The van der Waals surface area contributed by atoms with Crippen LogP contribution in [0.2, 0.25) is 0 Å². The van der Waals surface area contributed by atoms with Crippen LogP contribution in [0, 0.1) is 0 Å². The van der Waals surface area contributed by atoms with E-state index in [1.54, 1.807) is 0 Å². The summed E-state index contributed by atoms with van der Waals surface area (Å²) in [4.78, 5) is 6.64. The topological polar surface area (TPSA) is 16.1 Å². The maximum atomic E-state index is 4.39. The Bertz CT molecular complexity index is 2530. The molecule has 0 saturated heterocycles. The Labute approximate surface area is 273 Å². The molecule has 1 heterocycles. The lowest BCUT2D eigenvalue weighted by Crippen LogP contribution is -2.09. The predicted molar refractivity (Wildman–Crippen MR) is 200 cm³/mol. The molecule has 0 aliphatic heterocycles. The van der Waals surface area contributed by atoms with Crippen LogP contribution in [0.15, 0.2) is 182 Å². The van der Waals surface area contributed by atoms with Crippen molar-refractivity contribution in [2.75, 3.05) is 4.90 Å². The van der Waals surface area contributed by atoms with Gasteiger partial charge in [-0.15, -0.1) is 0 Å². The summed E-state index contributed by atoms with van der Waals surface area (Å²) in [5.74, 6) is 0. The third-order valence-corrected chi connectivity index (χ3v) is 9.25. The molecule has 9 rings (SSSR count). The molecule has 0 aliphatic rings. The van der Waals surface area contributed by atoms with E-state index < -0.39 is 0 Å². The highest BCUT2D eigenvalue weighted by Gasteiger charge is 2.14. The average Bonchev–Trinajstić information content (AvgIpc) is 3.15. The van der Waals surface area contributed by atoms with Crippen LogP contribution >= 0.6 is 0 Å². The molecule has 0 amide bonds. The molecular weight excluding hydrogens is 569 g/mol. The molecule has 0 aliphatic carbocycles. The summed E-state index contributed by atoms with van der Waals surface area (Å²) < 4.78 is 0. The molecule has 0 fully saturated rings. The summed E-state index contributed by atoms with van der Waals surface area (Å²) in [6, 6.07) is 61.4. The van der Waals surface area contributed by atoms with Crippen molar-refractivity contribution in [3.63, 3.8) is 0 Å². The summed E-state index contributed by atoms with van der Waals surface area (Å²) in [7, 11) is 0. The standard InChI is InChI=1S/C45H30N2/c1-2-10-39(11-3-1)47(41-12-8-24-46-30-41)40-23-22-35-26-32(18-19-36(35)28-40)31-16-17-34-27-38(21-20-33(34)25-31)45-29-37-9-4-5-13-42(37)43-14-6-7-15-44(43)45/h1-30H. The summed E-state index contributed by atoms with van der Waals surface area (Å²) in [6.07, 6.45) is 3.72. The van der Waals surface area contributed by atoms with Crippen molar-refractivity contribution < 1.29 is 0 Å². The van der Waals surface area contributed by atoms with E-state index in [0.717, 1.165) is 17.1 Å². The Hall–Kier alpha value is -6.25. The van der Waals surface area contributed by atoms with E-state index in [9.17, 15) is 0 Å². The van der Waals surface area contributed by atoms with Crippen LogP contribution in [0.3, 0.4) is 0 Å². The fourth-order valence-corrected chi connectivity index (χ4v) is 6.95. The van der Waals surface area contributed by atoms with Gasteiger partial charge in [0.1, 0.15) is 0 Å². The van der Waals surface area contributed by atoms with E-state index >= 15 is 0 Å². The monoisotopic (exact) mass is 598 g/mol. The summed E-state index contributed by atoms with van der Waals surface area (Å²) >= 11 is 0. The zero-order chi connectivity index (χ0) is 31.2. The van der Waals surface area contributed by atoms with Gasteiger partial charge in [-0.05, 0) is 126 Å². The fourth-order valence-electron chi connectivity index (χ4n) is 6.95. The lowest BCUT2D eigenvalue weighted by atomic mass is 9.91. The number of hydrogen-bond acceptors (Lipinski definition) is 2. The predicted octanol–water partition coefficient (Wildman–Crippen LogP) is 12.5. The van der Waals surface area contributed by atoms with Gasteiger partial charge in [0.25, 0.3) is 0 Å². The van der Waals surface area contributed by atoms with Gasteiger partial charge < -0.3 is 4.90 Å². The number of aromatic nitrogens is 1. The van der Waals surface area contributed by atoms with Crippen LogP contribution < -0.4 is 4.90 Å². The number of nitrogens with zero attached hydrogens (tertiary/aromatic N) is 2. The highest BCUT2D eigenvalue weighted by atomic mass is 15.1. The minimum atomic E-state index is 1.03. The molecule has 0 unspecified atom stereocenters. The number of hydrogen-bond donors (Lipinski definition) is 0. The lowest BCUT2D eigenvalue weighted by Gasteiger charge is -2.25. The van der Waals surface area contributed by atoms with Gasteiger partial charge in [0.05, 0.1) is 11.9 Å². The third-order valence-electron chi connectivity index (χ3n) is 9.25. The number of rotatable bonds is 5. The van der Waals surface area contributed by atoms with Crippen molar-refractivity contribution in [1.82, 2.24) is 4.98 Å². The van der Waals surface area contributed by atoms with Crippen molar-refractivity contribution in [1.29, 1.82) is 0 Å². The molecule has 8 aromatic carbocycles. The first kappa shape index (κ1) is 27.1. The van der Waals surface area contributed by atoms with E-state index in [-0.39, 0.29) is 0 Å². The van der Waals surface area contributed by atoms with Crippen LogP contribution in [0.1, 0.15) is 0 Å². The summed E-state index contributed by atoms with van der Waals surface area (Å²) in [5.41, 5.74) is 8.17. The molecule has 220 valence electrons. The van der Waals surface area contributed by atoms with Gasteiger partial charge in [-0.1, -0.05) is 109 Å². The number of pyridine rings is 1. The van der Waals surface area contributed by atoms with Crippen molar-refractivity contribution in [2.45, 2.75) is 0 Å². The largest absolute Gasteiger partial charge is 0.309 e. The Kier molecular flexibility index (Phi) is 6.50. The SMILES string of the molecule is c1ccc(N(c2cccnc2)c2ccc3cc(-c4ccc5cc(-c6cc7ccccc7c7ccccc67)ccc5c4)ccc3c2)cc1. The molecule has 2 heteroatoms. The van der Waals surface area contributed by atoms with Crippen LogP contribution in [-0.4, -0.2) is 4.98 Å². The van der Waals surface area contributed by atoms with Gasteiger partial charge in [-0.25, -0.2) is 0 Å². The quantitative estimate of drug-likeness (QED) is 0.183. The molecule has 0 atom stereocenters. The van der Waals surface area contributed by atoms with E-state index in [1.807, 2.05) is 24.5 Å². The molecule has 1 aromatic heterocycles. The second kappa shape index (κ2) is 11.3. The van der Waals surface area contributed by atoms with Crippen LogP contribution in [-0.2, 0) is 0 Å². The average molecular weight is 599 g/mol. The van der Waals surface area contributed by atoms with Gasteiger partial charge >= 0.3 is 0 Å². The fraction of sp³-hybridized carbons (Fsp3) is 0. The smallest absolute Gasteiger partial charge is 0.0644 e. The van der Waals surface area contributed by atoms with Crippen molar-refractivity contribution >= 4 is 60.2 Å². The minimum absolute atomic E-state index is 1.03. The van der Waals surface area contributed by atoms with E-state index in [4.69, 9.17) is 0 Å². The molecule has 0 bridgehead atoms. The normalized spacial score (nSPS) is 11.4. The highest BCUT2D eigenvalue weighted by Crippen LogP contribution is 2.38. The first-order valence-electron chi connectivity index (χ1n) is 16.0. The van der Waals surface area contributed by atoms with Gasteiger partial charge in [-0.2, -0.15) is 0 Å². The van der Waals surface area contributed by atoms with Gasteiger partial charge in [0, 0.05) is 17.6 Å². The van der Waals surface area contributed by atoms with Gasteiger partial charge in [0.15, 0.2) is 0 Å². The van der Waals surface area contributed by atoms with E-state index in [0.29, 0.717) is 0 Å². The zero-order valence-electron chi connectivity index (χ0n) is 25.7. The maximum Gasteiger partial charge on any atom is 0.0644 e. The van der Waals surface area contributed by atoms with Crippen LogP contribution in [0.4, 0.5) is 17.1 Å². The van der Waals surface area contributed by atoms with E-state index in [1.165, 1.54) is 65.3 Å². The molecular formula is C45H30N2. The third kappa shape index (κ3) is 4.88. The minimum Gasteiger partial charge on any atom is -0.309 e. The van der Waals surface area contributed by atoms with Crippen LogP contribution in [0.25, 0.3) is 65.3 Å². The Balaban J connectivity index is 1.07. The molecule has 2 nitrogen and oxygen atoms in total. The number of anilines is 3. The van der Waals surface area contributed by atoms with Crippen molar-refractivity contribution in [3.8, 4) is 22.3 Å². The van der Waals surface area contributed by atoms with E-state index in [2.05, 4.69) is 168 Å². The summed E-state index contributed by atoms with van der Waals surface area (Å²) in [6.45, 7) is 0. The maximum absolute atomic E-state index is 4.39.